The van der Waals surface area contributed by atoms with E-state index in [9.17, 15) is 0 Å². The Labute approximate surface area is 84.4 Å². The van der Waals surface area contributed by atoms with E-state index in [4.69, 9.17) is 0 Å². The van der Waals surface area contributed by atoms with E-state index in [-0.39, 0.29) is 5.66 Å². The van der Waals surface area contributed by atoms with Crippen LogP contribution < -0.4 is 10.4 Å². The fourth-order valence-electron chi connectivity index (χ4n) is 1.64. The molecule has 0 saturated carbocycles. The minimum atomic E-state index is -0.202. The van der Waals surface area contributed by atoms with Gasteiger partial charge in [-0.25, -0.2) is 4.99 Å². The molecule has 0 radical (unpaired) electrons. The molecule has 1 aromatic carbocycles. The van der Waals surface area contributed by atoms with Crippen molar-refractivity contribution in [1.29, 1.82) is 0 Å². The number of hydrazine groups is 1. The highest BCUT2D eigenvalue weighted by Gasteiger charge is 2.29. The Bertz CT molecular complexity index is 369. The van der Waals surface area contributed by atoms with Crippen LogP contribution in [0.3, 0.4) is 0 Å². The highest BCUT2D eigenvalue weighted by Crippen LogP contribution is 2.27. The summed E-state index contributed by atoms with van der Waals surface area (Å²) in [5.74, 6) is 0. The maximum absolute atomic E-state index is 4.36. The zero-order valence-electron chi connectivity index (χ0n) is 8.78. The zero-order chi connectivity index (χ0) is 10.2. The van der Waals surface area contributed by atoms with Crippen LogP contribution in [0.15, 0.2) is 29.3 Å². The molecule has 0 bridgehead atoms. The van der Waals surface area contributed by atoms with Gasteiger partial charge in [0.1, 0.15) is 12.0 Å². The average Bonchev–Trinajstić information content (AvgIpc) is 2.46. The lowest BCUT2D eigenvalue weighted by atomic mass is 10.1. The van der Waals surface area contributed by atoms with Crippen molar-refractivity contribution >= 4 is 12.0 Å². The van der Waals surface area contributed by atoms with Gasteiger partial charge >= 0.3 is 0 Å². The van der Waals surface area contributed by atoms with Crippen LogP contribution in [0, 0.1) is 6.92 Å². The van der Waals surface area contributed by atoms with E-state index in [0.29, 0.717) is 0 Å². The first-order valence-corrected chi connectivity index (χ1v) is 4.77. The van der Waals surface area contributed by atoms with Crippen LogP contribution in [0.5, 0.6) is 0 Å². The van der Waals surface area contributed by atoms with Gasteiger partial charge in [0.25, 0.3) is 0 Å². The molecular formula is C11H15N3. The minimum absolute atomic E-state index is 0.202. The zero-order valence-corrected chi connectivity index (χ0v) is 8.78. The van der Waals surface area contributed by atoms with Crippen LogP contribution in [0.1, 0.15) is 19.4 Å². The number of para-hydroxylation sites is 1. The van der Waals surface area contributed by atoms with Crippen molar-refractivity contribution in [3.8, 4) is 0 Å². The molecule has 3 heteroatoms. The molecule has 2 rings (SSSR count). The molecule has 0 amide bonds. The van der Waals surface area contributed by atoms with Crippen LogP contribution in [-0.2, 0) is 0 Å². The predicted octanol–water partition coefficient (Wildman–Crippen LogP) is 2.08. The molecule has 0 atom stereocenters. The number of benzene rings is 1. The van der Waals surface area contributed by atoms with Crippen molar-refractivity contribution in [2.24, 2.45) is 4.99 Å². The maximum atomic E-state index is 4.36. The summed E-state index contributed by atoms with van der Waals surface area (Å²) in [6.07, 6.45) is 1.74. The van der Waals surface area contributed by atoms with Gasteiger partial charge in [0, 0.05) is 0 Å². The van der Waals surface area contributed by atoms with Crippen LogP contribution in [0.2, 0.25) is 0 Å². The Morgan fingerprint density at radius 2 is 2.00 bits per heavy atom. The van der Waals surface area contributed by atoms with Gasteiger partial charge in [-0.3, -0.25) is 10.4 Å². The molecule has 0 fully saturated rings. The first-order valence-electron chi connectivity index (χ1n) is 4.77. The van der Waals surface area contributed by atoms with Gasteiger partial charge in [0.15, 0.2) is 0 Å². The van der Waals surface area contributed by atoms with E-state index in [0.717, 1.165) is 0 Å². The van der Waals surface area contributed by atoms with E-state index in [2.05, 4.69) is 48.3 Å². The maximum Gasteiger partial charge on any atom is 0.146 e. The number of hydrogen-bond donors (Lipinski definition) is 1. The van der Waals surface area contributed by atoms with Gasteiger partial charge in [-0.05, 0) is 32.4 Å². The molecule has 1 N–H and O–H groups in total. The Kier molecular flexibility index (Phi) is 1.95. The number of hydrogen-bond acceptors (Lipinski definition) is 3. The van der Waals surface area contributed by atoms with E-state index in [1.807, 2.05) is 12.1 Å². The summed E-state index contributed by atoms with van der Waals surface area (Å²) < 4.78 is 0. The SMILES string of the molecule is Cc1ccccc1N1NC=NC1(C)C. The van der Waals surface area contributed by atoms with Crippen LogP contribution in [-0.4, -0.2) is 12.0 Å². The summed E-state index contributed by atoms with van der Waals surface area (Å²) in [6, 6.07) is 8.28. The molecule has 1 aliphatic rings. The summed E-state index contributed by atoms with van der Waals surface area (Å²) in [6.45, 7) is 6.26. The molecule has 0 spiro atoms. The Hall–Kier alpha value is -1.51. The molecule has 1 aliphatic heterocycles. The third kappa shape index (κ3) is 1.35. The van der Waals surface area contributed by atoms with Gasteiger partial charge in [-0.15, -0.1) is 0 Å². The van der Waals surface area contributed by atoms with Gasteiger partial charge in [0.05, 0.1) is 5.69 Å². The third-order valence-electron chi connectivity index (χ3n) is 2.47. The van der Waals surface area contributed by atoms with Crippen LogP contribution >= 0.6 is 0 Å². The Balaban J connectivity index is 2.38. The molecule has 3 nitrogen and oxygen atoms in total. The average molecular weight is 189 g/mol. The minimum Gasteiger partial charge on any atom is -0.286 e. The number of aliphatic imine (C=N–C) groups is 1. The molecule has 0 saturated heterocycles. The van der Waals surface area contributed by atoms with Crippen molar-refractivity contribution in [2.45, 2.75) is 26.4 Å². The first-order chi connectivity index (χ1) is 6.61. The van der Waals surface area contributed by atoms with Crippen molar-refractivity contribution in [2.75, 3.05) is 5.01 Å². The highest BCUT2D eigenvalue weighted by atomic mass is 15.6. The van der Waals surface area contributed by atoms with Gasteiger partial charge in [-0.2, -0.15) is 0 Å². The summed E-state index contributed by atoms with van der Waals surface area (Å²) >= 11 is 0. The lowest BCUT2D eigenvalue weighted by Crippen LogP contribution is -2.45. The summed E-state index contributed by atoms with van der Waals surface area (Å²) in [7, 11) is 0. The van der Waals surface area contributed by atoms with E-state index >= 15 is 0 Å². The van der Waals surface area contributed by atoms with Crippen molar-refractivity contribution < 1.29 is 0 Å². The largest absolute Gasteiger partial charge is 0.286 e. The number of nitrogens with one attached hydrogen (secondary N) is 1. The topological polar surface area (TPSA) is 27.6 Å². The van der Waals surface area contributed by atoms with Gasteiger partial charge in [-0.1, -0.05) is 18.2 Å². The lowest BCUT2D eigenvalue weighted by molar-refractivity contribution is 0.498. The smallest absolute Gasteiger partial charge is 0.146 e. The predicted molar refractivity (Wildman–Crippen MR) is 59.4 cm³/mol. The number of rotatable bonds is 1. The van der Waals surface area contributed by atoms with Gasteiger partial charge < -0.3 is 0 Å². The second kappa shape index (κ2) is 3.01. The quantitative estimate of drug-likeness (QED) is 0.732. The molecular weight excluding hydrogens is 174 g/mol. The second-order valence-electron chi connectivity index (χ2n) is 4.00. The third-order valence-corrected chi connectivity index (χ3v) is 2.47. The second-order valence-corrected chi connectivity index (χ2v) is 4.00. The normalized spacial score (nSPS) is 18.4. The summed E-state index contributed by atoms with van der Waals surface area (Å²) in [5, 5.41) is 2.07. The van der Waals surface area contributed by atoms with E-state index in [1.54, 1.807) is 6.34 Å². The van der Waals surface area contributed by atoms with E-state index in [1.165, 1.54) is 11.3 Å². The monoisotopic (exact) mass is 189 g/mol. The van der Waals surface area contributed by atoms with Crippen molar-refractivity contribution in [3.05, 3.63) is 29.8 Å². The van der Waals surface area contributed by atoms with Crippen molar-refractivity contribution in [1.82, 2.24) is 5.43 Å². The Morgan fingerprint density at radius 3 is 2.57 bits per heavy atom. The molecule has 0 aromatic heterocycles. The fourth-order valence-corrected chi connectivity index (χ4v) is 1.64. The number of anilines is 1. The molecule has 1 heterocycles. The molecule has 1 aromatic rings. The van der Waals surface area contributed by atoms with Crippen LogP contribution in [0.25, 0.3) is 0 Å². The highest BCUT2D eigenvalue weighted by molar-refractivity contribution is 5.67. The standard InChI is InChI=1S/C11H15N3/c1-9-6-4-5-7-10(9)14-11(2,3)12-8-13-14/h4-8H,1-3H3,(H,12,13). The molecule has 14 heavy (non-hydrogen) atoms. The van der Waals surface area contributed by atoms with Crippen LogP contribution in [0.4, 0.5) is 5.69 Å². The van der Waals surface area contributed by atoms with Crippen molar-refractivity contribution in [3.63, 3.8) is 0 Å². The van der Waals surface area contributed by atoms with E-state index < -0.39 is 0 Å². The molecule has 0 aliphatic carbocycles. The number of nitrogens with zero attached hydrogens (tertiary/aromatic N) is 2. The Morgan fingerprint density at radius 1 is 1.29 bits per heavy atom. The molecule has 0 unspecified atom stereocenters. The first kappa shape index (κ1) is 9.06. The number of aryl methyl sites for hydroxylation is 1. The molecule has 74 valence electrons. The lowest BCUT2D eigenvalue weighted by Gasteiger charge is -2.31. The summed E-state index contributed by atoms with van der Waals surface area (Å²) in [5.41, 5.74) is 5.37. The van der Waals surface area contributed by atoms with Gasteiger partial charge in [0.2, 0.25) is 0 Å². The summed E-state index contributed by atoms with van der Waals surface area (Å²) in [4.78, 5) is 4.36. The fraction of sp³-hybridized carbons (Fsp3) is 0.364.